The van der Waals surface area contributed by atoms with E-state index in [9.17, 15) is 24.6 Å². The number of amides is 1. The average molecular weight is 662 g/mol. The smallest absolute Gasteiger partial charge is 0.375 e. The van der Waals surface area contributed by atoms with E-state index in [1.54, 1.807) is 26.1 Å². The van der Waals surface area contributed by atoms with Crippen LogP contribution in [0, 0.1) is 5.41 Å². The first-order chi connectivity index (χ1) is 23.1. The molecule has 7 N–H and O–H groups in total. The molecule has 0 spiro atoms. The Bertz CT molecular complexity index is 1840. The number of methoxy groups -OCH3 is 1. The van der Waals surface area contributed by atoms with Crippen molar-refractivity contribution >= 4 is 41.2 Å². The third kappa shape index (κ3) is 4.75. The van der Waals surface area contributed by atoms with Crippen molar-refractivity contribution in [1.82, 2.24) is 10.6 Å². The van der Waals surface area contributed by atoms with Crippen LogP contribution in [0.5, 0.6) is 17.2 Å². The molecule has 1 aliphatic carbocycles. The SMILES string of the molecule is CCOC(=O)C1=C(C=O)/C(=C\C[NH+]2C=CNC2[NH+]2CN=C3C(=O)NC(=N)N=C32)c2c(c(CO)c3c(c2OC)[C@@H]2C=CC[C@@](C)(O)[C@H]2O3)O1. The summed E-state index contributed by atoms with van der Waals surface area (Å²) in [6.07, 6.45) is 8.97. The molecule has 6 aliphatic rings. The van der Waals surface area contributed by atoms with Crippen molar-refractivity contribution in [2.45, 2.75) is 50.8 Å². The molecule has 1 amide bonds. The Morgan fingerprint density at radius 3 is 2.88 bits per heavy atom. The second-order valence-electron chi connectivity index (χ2n) is 12.1. The summed E-state index contributed by atoms with van der Waals surface area (Å²) in [6, 6.07) is 0. The summed E-state index contributed by atoms with van der Waals surface area (Å²) in [6.45, 7) is 3.24. The van der Waals surface area contributed by atoms with Crippen LogP contribution >= 0.6 is 0 Å². The van der Waals surface area contributed by atoms with E-state index in [1.807, 2.05) is 18.4 Å². The lowest BCUT2D eigenvalue weighted by atomic mass is 9.77. The summed E-state index contributed by atoms with van der Waals surface area (Å²) in [5.74, 6) is -1.40. The summed E-state index contributed by atoms with van der Waals surface area (Å²) >= 11 is 0. The van der Waals surface area contributed by atoms with Gasteiger partial charge >= 0.3 is 12.3 Å². The number of esters is 1. The lowest BCUT2D eigenvalue weighted by molar-refractivity contribution is -1.05. The minimum absolute atomic E-state index is 0.0239. The van der Waals surface area contributed by atoms with E-state index in [0.717, 1.165) is 4.90 Å². The van der Waals surface area contributed by atoms with Gasteiger partial charge in [0.1, 0.15) is 41.7 Å². The zero-order valence-electron chi connectivity index (χ0n) is 26.4. The highest BCUT2D eigenvalue weighted by Gasteiger charge is 2.51. The second kappa shape index (κ2) is 11.8. The van der Waals surface area contributed by atoms with Crippen LogP contribution in [0.25, 0.3) is 5.57 Å². The topological polar surface area (TPSA) is 210 Å². The highest BCUT2D eigenvalue weighted by Crippen LogP contribution is 2.58. The largest absolute Gasteiger partial charge is 0.496 e. The molecule has 1 aromatic rings. The quantitative estimate of drug-likeness (QED) is 0.0888. The minimum Gasteiger partial charge on any atom is -0.496 e. The summed E-state index contributed by atoms with van der Waals surface area (Å²) in [7, 11) is 1.47. The number of aliphatic hydroxyl groups is 2. The fourth-order valence-electron chi connectivity index (χ4n) is 7.12. The van der Waals surface area contributed by atoms with Crippen LogP contribution in [0.4, 0.5) is 0 Å². The monoisotopic (exact) mass is 661 g/mol. The molecular weight excluding hydrogens is 626 g/mol. The number of ether oxygens (including phenoxy) is 4. The number of amidine groups is 1. The second-order valence-corrected chi connectivity index (χ2v) is 12.1. The third-order valence-corrected chi connectivity index (χ3v) is 9.26. The van der Waals surface area contributed by atoms with Crippen molar-refractivity contribution in [3.63, 3.8) is 0 Å². The number of carbonyl (C=O) groups is 3. The van der Waals surface area contributed by atoms with Crippen molar-refractivity contribution in [1.29, 1.82) is 5.41 Å². The van der Waals surface area contributed by atoms with Crippen LogP contribution in [0.15, 0.2) is 51.9 Å². The summed E-state index contributed by atoms with van der Waals surface area (Å²) in [4.78, 5) is 48.6. The molecule has 48 heavy (non-hydrogen) atoms. The number of aliphatic imine (C=N–C) groups is 2. The molecule has 250 valence electrons. The van der Waals surface area contributed by atoms with Crippen molar-refractivity contribution in [2.24, 2.45) is 9.98 Å². The van der Waals surface area contributed by atoms with Gasteiger partial charge in [-0.05, 0) is 26.3 Å². The molecule has 0 aromatic heterocycles. The number of hydrogen-bond donors (Lipinski definition) is 7. The summed E-state index contributed by atoms with van der Waals surface area (Å²) in [5, 5.41) is 35.5. The fourth-order valence-corrected chi connectivity index (χ4v) is 7.12. The first-order valence-electron chi connectivity index (χ1n) is 15.5. The molecule has 16 heteroatoms. The molecule has 7 rings (SSSR count). The van der Waals surface area contributed by atoms with Gasteiger partial charge in [-0.25, -0.2) is 14.7 Å². The van der Waals surface area contributed by atoms with Crippen molar-refractivity contribution in [3.8, 4) is 17.2 Å². The first-order valence-corrected chi connectivity index (χ1v) is 15.5. The molecule has 16 nitrogen and oxygen atoms in total. The van der Waals surface area contributed by atoms with Gasteiger partial charge in [0, 0.05) is 17.1 Å². The number of fused-ring (bicyclic) bond motifs is 5. The first kappa shape index (κ1) is 31.4. The number of allylic oxidation sites excluding steroid dienone is 2. The number of carbonyl (C=O) groups excluding carboxylic acids is 3. The van der Waals surface area contributed by atoms with E-state index in [1.165, 1.54) is 7.11 Å². The minimum atomic E-state index is -1.23. The van der Waals surface area contributed by atoms with Crippen LogP contribution in [-0.2, 0) is 25.7 Å². The molecule has 0 bridgehead atoms. The van der Waals surface area contributed by atoms with Crippen LogP contribution in [0.3, 0.4) is 0 Å². The van der Waals surface area contributed by atoms with Gasteiger partial charge in [0.2, 0.25) is 17.4 Å². The number of nitrogens with one attached hydrogen (secondary N) is 5. The van der Waals surface area contributed by atoms with E-state index < -0.39 is 42.4 Å². The van der Waals surface area contributed by atoms with Crippen LogP contribution in [0.1, 0.15) is 42.9 Å². The molecular formula is C32H35N7O9+2. The maximum Gasteiger partial charge on any atom is 0.375 e. The number of aliphatic hydroxyl groups excluding tert-OH is 1. The highest BCUT2D eigenvalue weighted by atomic mass is 16.6. The molecule has 0 saturated carbocycles. The van der Waals surface area contributed by atoms with E-state index in [0.29, 0.717) is 45.9 Å². The Labute approximate surface area is 274 Å². The van der Waals surface area contributed by atoms with Gasteiger partial charge < -0.3 is 29.2 Å². The molecule has 6 atom stereocenters. The zero-order chi connectivity index (χ0) is 33.9. The van der Waals surface area contributed by atoms with Gasteiger partial charge in [-0.2, -0.15) is 9.89 Å². The number of aldehydes is 1. The third-order valence-electron chi connectivity index (χ3n) is 9.26. The van der Waals surface area contributed by atoms with Gasteiger partial charge in [-0.3, -0.25) is 25.6 Å². The highest BCUT2D eigenvalue weighted by molar-refractivity contribution is 6.68. The molecule has 3 unspecified atom stereocenters. The van der Waals surface area contributed by atoms with Gasteiger partial charge in [0.05, 0.1) is 43.2 Å². The number of rotatable bonds is 8. The Kier molecular flexibility index (Phi) is 7.74. The Morgan fingerprint density at radius 1 is 1.33 bits per heavy atom. The number of benzene rings is 1. The lowest BCUT2D eigenvalue weighted by Gasteiger charge is -2.34. The van der Waals surface area contributed by atoms with Crippen LogP contribution < -0.4 is 34.6 Å². The van der Waals surface area contributed by atoms with E-state index >= 15 is 0 Å². The lowest BCUT2D eigenvalue weighted by Crippen LogP contribution is -3.36. The Morgan fingerprint density at radius 2 is 2.15 bits per heavy atom. The number of hydrogen-bond acceptors (Lipinski definition) is 12. The van der Waals surface area contributed by atoms with Crippen LogP contribution in [0.2, 0.25) is 0 Å². The summed E-state index contributed by atoms with van der Waals surface area (Å²) in [5.41, 5.74) is 0.333. The van der Waals surface area contributed by atoms with Crippen molar-refractivity contribution in [3.05, 3.63) is 58.7 Å². The van der Waals surface area contributed by atoms with E-state index in [2.05, 4.69) is 20.6 Å². The molecule has 0 radical (unpaired) electrons. The Hall–Kier alpha value is -5.16. The maximum absolute atomic E-state index is 13.2. The molecule has 1 aromatic carbocycles. The molecule has 5 heterocycles. The molecule has 0 saturated heterocycles. The summed E-state index contributed by atoms with van der Waals surface area (Å²) < 4.78 is 23.7. The van der Waals surface area contributed by atoms with Crippen LogP contribution in [-0.4, -0.2) is 90.8 Å². The molecule has 0 fully saturated rings. The number of guanidine groups is 1. The number of nitrogens with zero attached hydrogens (tertiary/aromatic N) is 2. The predicted octanol–water partition coefficient (Wildman–Crippen LogP) is -2.46. The predicted molar refractivity (Wildman–Crippen MR) is 167 cm³/mol. The van der Waals surface area contributed by atoms with E-state index in [4.69, 9.17) is 24.4 Å². The average Bonchev–Trinajstić information content (AvgIpc) is 3.79. The van der Waals surface area contributed by atoms with Crippen molar-refractivity contribution in [2.75, 3.05) is 26.9 Å². The standard InChI is InChI=1S/C32H33N7O9/c1-4-46-29(43)24-17(12-40)15(7-10-38-11-9-34-31(38)39-14-35-21-27(39)36-30(33)37-28(21)42)19-22(47-24)18(13-41)23-20(25(19)45-3)16-6-5-8-32(2,44)26(16)48-23/h5-7,9,11-12,16,26,31,34,41,44H,4,8,10,13-14H2,1-3H3,(H2,33,37,42)/p+2/b15-7+/t16-,26-,31?,32+/m0/s1. The van der Waals surface area contributed by atoms with Crippen molar-refractivity contribution < 1.29 is 53.3 Å². The van der Waals surface area contributed by atoms with Gasteiger partial charge in [0.15, 0.2) is 13.0 Å². The van der Waals surface area contributed by atoms with Gasteiger partial charge in [0.25, 0.3) is 11.7 Å². The normalized spacial score (nSPS) is 30.3. The van der Waals surface area contributed by atoms with Gasteiger partial charge in [-0.1, -0.05) is 12.2 Å². The van der Waals surface area contributed by atoms with Gasteiger partial charge in [-0.15, -0.1) is 0 Å². The number of quaternary nitrogens is 2. The molecule has 5 aliphatic heterocycles. The van der Waals surface area contributed by atoms with E-state index in [-0.39, 0.29) is 59.9 Å². The Balaban J connectivity index is 1.35. The zero-order valence-corrected chi connectivity index (χ0v) is 26.4. The maximum atomic E-state index is 13.2. The fraction of sp³-hybridized carbons (Fsp3) is 0.375.